The van der Waals surface area contributed by atoms with Gasteiger partial charge in [0, 0.05) is 30.5 Å². The predicted molar refractivity (Wildman–Crippen MR) is 106 cm³/mol. The molecule has 3 heterocycles. The van der Waals surface area contributed by atoms with Crippen LogP contribution in [-0.2, 0) is 4.79 Å². The lowest BCUT2D eigenvalue weighted by Gasteiger charge is -2.10. The molecule has 0 saturated carbocycles. The highest BCUT2D eigenvalue weighted by atomic mass is 35.5. The average molecular weight is 390 g/mol. The van der Waals surface area contributed by atoms with Crippen molar-refractivity contribution in [2.75, 3.05) is 32.5 Å². The Kier molecular flexibility index (Phi) is 6.49. The highest BCUT2D eigenvalue weighted by Crippen LogP contribution is 2.30. The first-order chi connectivity index (χ1) is 12.5. The second kappa shape index (κ2) is 8.61. The van der Waals surface area contributed by atoms with Crippen LogP contribution in [0.5, 0.6) is 0 Å². The maximum absolute atomic E-state index is 12.2. The molecule has 0 saturated heterocycles. The van der Waals surface area contributed by atoms with E-state index in [1.54, 1.807) is 30.5 Å². The van der Waals surface area contributed by atoms with Crippen LogP contribution in [0.3, 0.4) is 0 Å². The number of carbonyl (C=O) groups excluding carboxylic acids is 2. The molecular weight excluding hydrogens is 370 g/mol. The van der Waals surface area contributed by atoms with Gasteiger partial charge in [-0.2, -0.15) is 0 Å². The van der Waals surface area contributed by atoms with Gasteiger partial charge in [-0.05, 0) is 44.4 Å². The largest absolute Gasteiger partial charge is 0.351 e. The van der Waals surface area contributed by atoms with Crippen LogP contribution in [0.1, 0.15) is 21.6 Å². The van der Waals surface area contributed by atoms with E-state index in [4.69, 9.17) is 0 Å². The summed E-state index contributed by atoms with van der Waals surface area (Å²) in [5.41, 5.74) is 1.04. The quantitative estimate of drug-likeness (QED) is 0.661. The van der Waals surface area contributed by atoms with Gasteiger partial charge in [0.25, 0.3) is 17.4 Å². The number of halogens is 1. The SMILES string of the molecule is CN(C)CCNC(=O)c1ccc(/C=C2\C(=O)Nc3ncccc32)[nH]c1=O.Cl. The Morgan fingerprint density at radius 1 is 1.26 bits per heavy atom. The molecule has 9 heteroatoms. The molecule has 0 bridgehead atoms. The van der Waals surface area contributed by atoms with Crippen LogP contribution in [0.2, 0.25) is 0 Å². The number of H-pyrrole nitrogens is 1. The fourth-order valence-corrected chi connectivity index (χ4v) is 2.56. The van der Waals surface area contributed by atoms with Gasteiger partial charge in [-0.3, -0.25) is 14.4 Å². The summed E-state index contributed by atoms with van der Waals surface area (Å²) in [6.45, 7) is 1.12. The number of aromatic nitrogens is 2. The number of likely N-dealkylation sites (N-methyl/N-ethyl adjacent to an activating group) is 1. The molecular formula is C18H20ClN5O3. The molecule has 0 radical (unpaired) electrons. The number of aromatic amines is 1. The zero-order chi connectivity index (χ0) is 18.7. The molecule has 27 heavy (non-hydrogen) atoms. The van der Waals surface area contributed by atoms with Crippen LogP contribution in [-0.4, -0.2) is 53.9 Å². The highest BCUT2D eigenvalue weighted by molar-refractivity contribution is 6.34. The molecule has 142 valence electrons. The van der Waals surface area contributed by atoms with Gasteiger partial charge in [-0.25, -0.2) is 4.98 Å². The molecule has 2 aromatic rings. The third kappa shape index (κ3) is 4.60. The topological polar surface area (TPSA) is 107 Å². The minimum atomic E-state index is -0.508. The molecule has 0 aromatic carbocycles. The number of nitrogens with zero attached hydrogens (tertiary/aromatic N) is 2. The summed E-state index contributed by atoms with van der Waals surface area (Å²) in [5.74, 6) is -0.228. The van der Waals surface area contributed by atoms with Gasteiger partial charge in [0.1, 0.15) is 11.4 Å². The van der Waals surface area contributed by atoms with E-state index >= 15 is 0 Å². The number of amides is 2. The van der Waals surface area contributed by atoms with Crippen molar-refractivity contribution < 1.29 is 9.59 Å². The van der Waals surface area contributed by atoms with Crippen LogP contribution in [0.4, 0.5) is 5.82 Å². The molecule has 0 fully saturated rings. The lowest BCUT2D eigenvalue weighted by molar-refractivity contribution is -0.110. The van der Waals surface area contributed by atoms with Crippen molar-refractivity contribution >= 4 is 41.7 Å². The summed E-state index contributed by atoms with van der Waals surface area (Å²) in [7, 11) is 3.79. The monoisotopic (exact) mass is 389 g/mol. The van der Waals surface area contributed by atoms with Gasteiger partial charge in [-0.1, -0.05) is 0 Å². The Morgan fingerprint density at radius 3 is 2.74 bits per heavy atom. The molecule has 0 atom stereocenters. The van der Waals surface area contributed by atoms with Crippen molar-refractivity contribution in [3.8, 4) is 0 Å². The minimum absolute atomic E-state index is 0. The van der Waals surface area contributed by atoms with Gasteiger partial charge >= 0.3 is 0 Å². The number of pyridine rings is 2. The van der Waals surface area contributed by atoms with Gasteiger partial charge < -0.3 is 20.5 Å². The predicted octanol–water partition coefficient (Wildman–Crippen LogP) is 0.976. The number of carbonyl (C=O) groups is 2. The third-order valence-corrected chi connectivity index (χ3v) is 3.90. The lowest BCUT2D eigenvalue weighted by Crippen LogP contribution is -2.34. The highest BCUT2D eigenvalue weighted by Gasteiger charge is 2.24. The molecule has 3 rings (SSSR count). The number of nitrogens with one attached hydrogen (secondary N) is 3. The molecule has 1 aliphatic heterocycles. The van der Waals surface area contributed by atoms with Gasteiger partial charge in [0.05, 0.1) is 5.57 Å². The number of hydrogen-bond donors (Lipinski definition) is 3. The van der Waals surface area contributed by atoms with E-state index in [1.165, 1.54) is 6.07 Å². The summed E-state index contributed by atoms with van der Waals surface area (Å²) in [4.78, 5) is 45.0. The summed E-state index contributed by atoms with van der Waals surface area (Å²) in [6.07, 6.45) is 3.16. The van der Waals surface area contributed by atoms with Gasteiger partial charge in [-0.15, -0.1) is 12.4 Å². The van der Waals surface area contributed by atoms with E-state index in [2.05, 4.69) is 20.6 Å². The average Bonchev–Trinajstić information content (AvgIpc) is 2.90. The number of hydrogen-bond acceptors (Lipinski definition) is 5. The molecule has 2 amide bonds. The van der Waals surface area contributed by atoms with Crippen molar-refractivity contribution in [3.63, 3.8) is 0 Å². The molecule has 0 spiro atoms. The maximum Gasteiger partial charge on any atom is 0.261 e. The zero-order valence-electron chi connectivity index (χ0n) is 14.9. The van der Waals surface area contributed by atoms with Crippen LogP contribution >= 0.6 is 12.4 Å². The van der Waals surface area contributed by atoms with Crippen molar-refractivity contribution in [2.45, 2.75) is 0 Å². The van der Waals surface area contributed by atoms with Crippen molar-refractivity contribution in [3.05, 3.63) is 57.6 Å². The molecule has 3 N–H and O–H groups in total. The fraction of sp³-hybridized carbons (Fsp3) is 0.222. The zero-order valence-corrected chi connectivity index (χ0v) is 15.7. The lowest BCUT2D eigenvalue weighted by atomic mass is 10.1. The third-order valence-electron chi connectivity index (χ3n) is 3.90. The van der Waals surface area contributed by atoms with Gasteiger partial charge in [0.15, 0.2) is 0 Å². The van der Waals surface area contributed by atoms with Crippen LogP contribution < -0.4 is 16.2 Å². The van der Waals surface area contributed by atoms with E-state index in [9.17, 15) is 14.4 Å². The smallest absolute Gasteiger partial charge is 0.261 e. The second-order valence-electron chi connectivity index (χ2n) is 6.13. The van der Waals surface area contributed by atoms with E-state index < -0.39 is 11.5 Å². The Bertz CT molecular complexity index is 952. The summed E-state index contributed by atoms with van der Waals surface area (Å²) in [5, 5.41) is 5.36. The standard InChI is InChI=1S/C18H19N5O3.ClH/c1-23(2)9-8-20-16(24)13-6-5-11(21-17(13)25)10-14-12-4-3-7-19-15(12)22-18(14)26;/h3-7,10H,8-9H2,1-2H3,(H,20,24)(H,21,25)(H,19,22,26);1H/b14-10-;. The first-order valence-electron chi connectivity index (χ1n) is 8.10. The van der Waals surface area contributed by atoms with Crippen LogP contribution in [0.25, 0.3) is 11.6 Å². The summed E-state index contributed by atoms with van der Waals surface area (Å²) >= 11 is 0. The molecule has 8 nitrogen and oxygen atoms in total. The fourth-order valence-electron chi connectivity index (χ4n) is 2.56. The van der Waals surface area contributed by atoms with Crippen molar-refractivity contribution in [1.29, 1.82) is 0 Å². The normalized spacial score (nSPS) is 13.9. The second-order valence-corrected chi connectivity index (χ2v) is 6.13. The van der Waals surface area contributed by atoms with Crippen LogP contribution in [0.15, 0.2) is 35.3 Å². The van der Waals surface area contributed by atoms with E-state index in [0.717, 1.165) is 0 Å². The van der Waals surface area contributed by atoms with Crippen molar-refractivity contribution in [2.24, 2.45) is 0 Å². The molecule has 0 aliphatic carbocycles. The van der Waals surface area contributed by atoms with E-state index in [-0.39, 0.29) is 23.9 Å². The Morgan fingerprint density at radius 2 is 2.04 bits per heavy atom. The molecule has 0 unspecified atom stereocenters. The Labute approximate surface area is 162 Å². The van der Waals surface area contributed by atoms with E-state index in [0.29, 0.717) is 35.7 Å². The first kappa shape index (κ1) is 20.3. The number of anilines is 1. The molecule has 1 aliphatic rings. The number of rotatable bonds is 5. The summed E-state index contributed by atoms with van der Waals surface area (Å²) < 4.78 is 0. The van der Waals surface area contributed by atoms with Gasteiger partial charge in [0.2, 0.25) is 0 Å². The maximum atomic E-state index is 12.2. The Hall–Kier alpha value is -2.97. The number of fused-ring (bicyclic) bond motifs is 1. The molecule has 2 aromatic heterocycles. The minimum Gasteiger partial charge on any atom is -0.351 e. The van der Waals surface area contributed by atoms with Crippen LogP contribution in [0, 0.1) is 0 Å². The first-order valence-corrected chi connectivity index (χ1v) is 8.10. The summed E-state index contributed by atoms with van der Waals surface area (Å²) in [6, 6.07) is 6.55. The Balaban J connectivity index is 0.00000261. The van der Waals surface area contributed by atoms with E-state index in [1.807, 2.05) is 19.0 Å². The van der Waals surface area contributed by atoms with Crippen molar-refractivity contribution in [1.82, 2.24) is 20.2 Å².